The van der Waals surface area contributed by atoms with Gasteiger partial charge in [0.05, 0.1) is 32.0 Å². The minimum absolute atomic E-state index is 0.135. The molecule has 1 heterocycles. The third-order valence-electron chi connectivity index (χ3n) is 4.24. The minimum atomic E-state index is -3.85. The molecule has 1 N–H and O–H groups in total. The number of anilines is 1. The van der Waals surface area contributed by atoms with E-state index in [1.165, 1.54) is 14.2 Å². The van der Waals surface area contributed by atoms with Gasteiger partial charge in [-0.05, 0) is 42.8 Å². The molecular formula is C19H19ClN2O5S. The van der Waals surface area contributed by atoms with Crippen molar-refractivity contribution in [3.05, 3.63) is 52.6 Å². The van der Waals surface area contributed by atoms with E-state index in [0.717, 1.165) is 0 Å². The molecule has 0 aromatic heterocycles. The molecule has 0 bridgehead atoms. The zero-order valence-electron chi connectivity index (χ0n) is 15.7. The molecule has 0 atom stereocenters. The molecule has 0 saturated carbocycles. The molecule has 1 aliphatic rings. The van der Waals surface area contributed by atoms with Crippen molar-refractivity contribution in [3.63, 3.8) is 0 Å². The number of benzene rings is 2. The molecule has 0 fully saturated rings. The predicted molar refractivity (Wildman–Crippen MR) is 110 cm³/mol. The van der Waals surface area contributed by atoms with Gasteiger partial charge in [-0.25, -0.2) is 0 Å². The summed E-state index contributed by atoms with van der Waals surface area (Å²) in [6.07, 6.45) is 0. The molecule has 1 aliphatic heterocycles. The smallest absolute Gasteiger partial charge is 0.285 e. The minimum Gasteiger partial charge on any atom is -0.497 e. The maximum absolute atomic E-state index is 12.7. The highest BCUT2D eigenvalue weighted by molar-refractivity contribution is 8.00. The van der Waals surface area contributed by atoms with Gasteiger partial charge < -0.3 is 19.5 Å². The van der Waals surface area contributed by atoms with Crippen LogP contribution in [-0.4, -0.2) is 35.6 Å². The Morgan fingerprint density at radius 2 is 1.61 bits per heavy atom. The second kappa shape index (κ2) is 7.73. The first-order valence-corrected chi connectivity index (χ1v) is 10.0. The molecule has 2 aromatic carbocycles. The number of nitrogens with zero attached hydrogens (tertiary/aromatic N) is 1. The molecule has 2 aromatic rings. The maximum atomic E-state index is 12.7. The molecule has 0 amide bonds. The van der Waals surface area contributed by atoms with Crippen molar-refractivity contribution in [3.8, 4) is 17.2 Å². The Bertz CT molecular complexity index is 1080. The van der Waals surface area contributed by atoms with Crippen molar-refractivity contribution in [2.45, 2.75) is 6.92 Å². The van der Waals surface area contributed by atoms with E-state index in [9.17, 15) is 8.42 Å². The van der Waals surface area contributed by atoms with E-state index in [1.807, 2.05) is 0 Å². The van der Waals surface area contributed by atoms with Crippen LogP contribution < -0.4 is 19.5 Å². The van der Waals surface area contributed by atoms with E-state index in [4.69, 9.17) is 25.8 Å². The van der Waals surface area contributed by atoms with Crippen molar-refractivity contribution < 1.29 is 22.6 Å². The standard InChI is InChI=1S/C19H19ClN2O5S/c1-11-18(12-5-7-13(25-2)8-6-12)28(23,24)22-19(11)21-15-9-14(20)16(26-3)10-17(15)27-4/h5-10H,1-4H3,(H,21,22). The predicted octanol–water partition coefficient (Wildman–Crippen LogP) is 3.95. The van der Waals surface area contributed by atoms with Crippen LogP contribution in [0.3, 0.4) is 0 Å². The molecule has 3 rings (SSSR count). The van der Waals surface area contributed by atoms with Gasteiger partial charge in [0.1, 0.15) is 28.0 Å². The van der Waals surface area contributed by atoms with Gasteiger partial charge in [0, 0.05) is 11.6 Å². The molecule has 7 nitrogen and oxygen atoms in total. The lowest BCUT2D eigenvalue weighted by Gasteiger charge is -2.14. The summed E-state index contributed by atoms with van der Waals surface area (Å²) in [5, 5.41) is 3.35. The second-order valence-corrected chi connectivity index (χ2v) is 7.86. The largest absolute Gasteiger partial charge is 0.497 e. The van der Waals surface area contributed by atoms with Gasteiger partial charge in [-0.2, -0.15) is 8.42 Å². The number of hydrogen-bond acceptors (Lipinski definition) is 6. The Morgan fingerprint density at radius 1 is 0.964 bits per heavy atom. The first-order valence-electron chi connectivity index (χ1n) is 8.20. The van der Waals surface area contributed by atoms with Gasteiger partial charge in [0.15, 0.2) is 0 Å². The number of nitrogens with one attached hydrogen (secondary N) is 1. The first kappa shape index (κ1) is 20.0. The first-order chi connectivity index (χ1) is 13.3. The van der Waals surface area contributed by atoms with E-state index in [0.29, 0.717) is 39.1 Å². The van der Waals surface area contributed by atoms with E-state index >= 15 is 0 Å². The van der Waals surface area contributed by atoms with Gasteiger partial charge in [-0.3, -0.25) is 0 Å². The van der Waals surface area contributed by atoms with Crippen LogP contribution in [0.1, 0.15) is 12.5 Å². The van der Waals surface area contributed by atoms with E-state index in [2.05, 4.69) is 9.71 Å². The van der Waals surface area contributed by atoms with E-state index in [1.54, 1.807) is 50.4 Å². The molecule has 148 valence electrons. The fraction of sp³-hybridized carbons (Fsp3) is 0.211. The van der Waals surface area contributed by atoms with Crippen LogP contribution in [0, 0.1) is 0 Å². The monoisotopic (exact) mass is 422 g/mol. The van der Waals surface area contributed by atoms with Crippen molar-refractivity contribution >= 4 is 38.1 Å². The summed E-state index contributed by atoms with van der Waals surface area (Å²) in [7, 11) is 0.679. The normalized spacial score (nSPS) is 15.2. The van der Waals surface area contributed by atoms with Crippen LogP contribution in [0.5, 0.6) is 17.2 Å². The van der Waals surface area contributed by atoms with Crippen molar-refractivity contribution in [2.75, 3.05) is 26.6 Å². The van der Waals surface area contributed by atoms with Gasteiger partial charge in [0.25, 0.3) is 10.0 Å². The average Bonchev–Trinajstić information content (AvgIpc) is 2.90. The van der Waals surface area contributed by atoms with Gasteiger partial charge in [-0.1, -0.05) is 11.6 Å². The molecular weight excluding hydrogens is 404 g/mol. The number of sulfonamides is 1. The van der Waals surface area contributed by atoms with Crippen molar-refractivity contribution in [2.24, 2.45) is 4.40 Å². The average molecular weight is 423 g/mol. The lowest BCUT2D eigenvalue weighted by Crippen LogP contribution is -2.12. The highest BCUT2D eigenvalue weighted by Crippen LogP contribution is 2.38. The summed E-state index contributed by atoms with van der Waals surface area (Å²) in [6, 6.07) is 9.95. The third kappa shape index (κ3) is 3.65. The molecule has 0 radical (unpaired) electrons. The van der Waals surface area contributed by atoms with E-state index < -0.39 is 10.0 Å². The Labute approximate surface area is 168 Å². The number of amidine groups is 1. The molecule has 0 unspecified atom stereocenters. The van der Waals surface area contributed by atoms with Gasteiger partial charge >= 0.3 is 0 Å². The van der Waals surface area contributed by atoms with Gasteiger partial charge in [0.2, 0.25) is 0 Å². The van der Waals surface area contributed by atoms with Gasteiger partial charge in [-0.15, -0.1) is 4.40 Å². The Kier molecular flexibility index (Phi) is 5.53. The third-order valence-corrected chi connectivity index (χ3v) is 6.02. The maximum Gasteiger partial charge on any atom is 0.285 e. The molecule has 0 aliphatic carbocycles. The molecule has 0 spiro atoms. The summed E-state index contributed by atoms with van der Waals surface area (Å²) >= 11 is 6.19. The Hall–Kier alpha value is -2.71. The van der Waals surface area contributed by atoms with Crippen LogP contribution in [0.15, 0.2) is 46.4 Å². The fourth-order valence-electron chi connectivity index (χ4n) is 2.84. The summed E-state index contributed by atoms with van der Waals surface area (Å²) in [4.78, 5) is 0.135. The van der Waals surface area contributed by atoms with Crippen LogP contribution in [0.25, 0.3) is 4.91 Å². The quantitative estimate of drug-likeness (QED) is 0.785. The number of rotatable bonds is 5. The molecule has 9 heteroatoms. The summed E-state index contributed by atoms with van der Waals surface area (Å²) < 4.78 is 44.8. The van der Waals surface area contributed by atoms with Crippen molar-refractivity contribution in [1.29, 1.82) is 0 Å². The number of hydrogen-bond donors (Lipinski definition) is 1. The van der Waals surface area contributed by atoms with Crippen LogP contribution >= 0.6 is 11.6 Å². The topological polar surface area (TPSA) is 86.2 Å². The Balaban J connectivity index is 2.02. The highest BCUT2D eigenvalue weighted by atomic mass is 35.5. The Morgan fingerprint density at radius 3 is 2.18 bits per heavy atom. The van der Waals surface area contributed by atoms with Crippen molar-refractivity contribution in [1.82, 2.24) is 0 Å². The van der Waals surface area contributed by atoms with E-state index in [-0.39, 0.29) is 10.7 Å². The van der Waals surface area contributed by atoms with Crippen LogP contribution in [0.4, 0.5) is 5.69 Å². The van der Waals surface area contributed by atoms with Crippen LogP contribution in [0.2, 0.25) is 5.02 Å². The lowest BCUT2D eigenvalue weighted by atomic mass is 10.1. The SMILES string of the molecule is COc1ccc(C2=C(C)C(Nc3cc(Cl)c(OC)cc3OC)=NS2(=O)=O)cc1. The zero-order chi connectivity index (χ0) is 20.5. The highest BCUT2D eigenvalue weighted by Gasteiger charge is 2.31. The molecule has 28 heavy (non-hydrogen) atoms. The summed E-state index contributed by atoms with van der Waals surface area (Å²) in [6.45, 7) is 1.69. The summed E-state index contributed by atoms with van der Waals surface area (Å²) in [5.41, 5.74) is 1.48. The molecule has 0 saturated heterocycles. The number of halogens is 1. The fourth-order valence-corrected chi connectivity index (χ4v) is 4.52. The second-order valence-electron chi connectivity index (χ2n) is 5.91. The lowest BCUT2D eigenvalue weighted by molar-refractivity contribution is 0.396. The number of ether oxygens (including phenoxy) is 3. The number of methoxy groups -OCH3 is 3. The zero-order valence-corrected chi connectivity index (χ0v) is 17.3. The van der Waals surface area contributed by atoms with Crippen LogP contribution in [-0.2, 0) is 10.0 Å². The summed E-state index contributed by atoms with van der Waals surface area (Å²) in [5.74, 6) is 1.71.